The molecule has 158 valence electrons. The van der Waals surface area contributed by atoms with Crippen LogP contribution in [0.15, 0.2) is 69.6 Å². The Labute approximate surface area is 182 Å². The third-order valence-corrected chi connectivity index (χ3v) is 6.06. The van der Waals surface area contributed by atoms with Gasteiger partial charge in [0.15, 0.2) is 4.80 Å². The van der Waals surface area contributed by atoms with Gasteiger partial charge >= 0.3 is 5.97 Å². The summed E-state index contributed by atoms with van der Waals surface area (Å²) in [6.45, 7) is 5.70. The van der Waals surface area contributed by atoms with Crippen molar-refractivity contribution >= 4 is 23.4 Å². The summed E-state index contributed by atoms with van der Waals surface area (Å²) in [4.78, 5) is 31.3. The van der Waals surface area contributed by atoms with Crippen LogP contribution in [0, 0.1) is 12.7 Å². The van der Waals surface area contributed by atoms with Gasteiger partial charge in [0, 0.05) is 0 Å². The Hall–Kier alpha value is -3.32. The van der Waals surface area contributed by atoms with Crippen LogP contribution in [-0.4, -0.2) is 17.1 Å². The molecule has 0 amide bonds. The van der Waals surface area contributed by atoms with Gasteiger partial charge in [-0.25, -0.2) is 14.2 Å². The number of nitrogens with zero attached hydrogens (tertiary/aromatic N) is 2. The molecule has 2 heterocycles. The number of benzene rings is 2. The van der Waals surface area contributed by atoms with Crippen LogP contribution in [0.25, 0.3) is 6.08 Å². The molecule has 0 fully saturated rings. The SMILES string of the molecule is CCOC(=O)C1=C(C)N=c2sc(=Cc3ccc(F)cc3)c(=O)n2C1c1ccc(C)cc1. The number of allylic oxidation sites excluding steroid dienone is 1. The molecular weight excluding hydrogens is 415 g/mol. The van der Waals surface area contributed by atoms with E-state index in [9.17, 15) is 14.0 Å². The van der Waals surface area contributed by atoms with Crippen molar-refractivity contribution in [3.8, 4) is 0 Å². The first-order valence-electron chi connectivity index (χ1n) is 9.91. The van der Waals surface area contributed by atoms with Gasteiger partial charge in [-0.15, -0.1) is 0 Å². The molecule has 31 heavy (non-hydrogen) atoms. The van der Waals surface area contributed by atoms with Gasteiger partial charge in [0.1, 0.15) is 5.82 Å². The zero-order valence-corrected chi connectivity index (χ0v) is 18.2. The number of carbonyl (C=O) groups excluding carboxylic acids is 1. The molecule has 1 unspecified atom stereocenters. The lowest BCUT2D eigenvalue weighted by molar-refractivity contribution is -0.139. The van der Waals surface area contributed by atoms with E-state index in [4.69, 9.17) is 4.74 Å². The molecule has 0 saturated heterocycles. The highest BCUT2D eigenvalue weighted by Crippen LogP contribution is 2.30. The molecule has 0 aliphatic carbocycles. The molecule has 5 nitrogen and oxygen atoms in total. The molecule has 2 aromatic carbocycles. The first-order valence-corrected chi connectivity index (χ1v) is 10.7. The smallest absolute Gasteiger partial charge is 0.338 e. The third kappa shape index (κ3) is 4.01. The highest BCUT2D eigenvalue weighted by Gasteiger charge is 2.33. The van der Waals surface area contributed by atoms with Gasteiger partial charge in [0.05, 0.1) is 28.5 Å². The van der Waals surface area contributed by atoms with Crippen molar-refractivity contribution in [2.24, 2.45) is 4.99 Å². The average molecular weight is 437 g/mol. The number of ether oxygens (including phenoxy) is 1. The zero-order valence-electron chi connectivity index (χ0n) is 17.4. The number of halogens is 1. The topological polar surface area (TPSA) is 60.7 Å². The highest BCUT2D eigenvalue weighted by molar-refractivity contribution is 7.07. The minimum absolute atomic E-state index is 0.227. The van der Waals surface area contributed by atoms with Gasteiger partial charge in [0.2, 0.25) is 0 Å². The van der Waals surface area contributed by atoms with Crippen molar-refractivity contribution in [2.75, 3.05) is 6.61 Å². The van der Waals surface area contributed by atoms with E-state index in [-0.39, 0.29) is 18.0 Å². The number of carbonyl (C=O) groups is 1. The van der Waals surface area contributed by atoms with Gasteiger partial charge in [0.25, 0.3) is 5.56 Å². The molecule has 1 aliphatic heterocycles. The lowest BCUT2D eigenvalue weighted by Crippen LogP contribution is -2.39. The Bertz CT molecular complexity index is 1350. The molecule has 0 spiro atoms. The van der Waals surface area contributed by atoms with E-state index in [0.717, 1.165) is 11.1 Å². The van der Waals surface area contributed by atoms with E-state index in [1.807, 2.05) is 31.2 Å². The van der Waals surface area contributed by atoms with Crippen LogP contribution in [-0.2, 0) is 9.53 Å². The van der Waals surface area contributed by atoms with E-state index < -0.39 is 12.0 Å². The quantitative estimate of drug-likeness (QED) is 0.590. The van der Waals surface area contributed by atoms with Crippen LogP contribution in [0.2, 0.25) is 0 Å². The molecule has 1 aliphatic rings. The van der Waals surface area contributed by atoms with Crippen LogP contribution < -0.4 is 14.9 Å². The molecule has 0 bridgehead atoms. The first kappa shape index (κ1) is 20.9. The standard InChI is InChI=1S/C24H21FN2O3S/c1-4-30-23(29)20-15(3)26-24-27(21(20)17-9-5-14(2)6-10-17)22(28)19(31-24)13-16-7-11-18(25)12-8-16/h5-13,21H,4H2,1-3H3. The Balaban J connectivity index is 1.94. The van der Waals surface area contributed by atoms with Crippen molar-refractivity contribution in [1.82, 2.24) is 4.57 Å². The van der Waals surface area contributed by atoms with E-state index >= 15 is 0 Å². The van der Waals surface area contributed by atoms with Gasteiger partial charge in [-0.1, -0.05) is 53.3 Å². The second-order valence-electron chi connectivity index (χ2n) is 7.26. The van der Waals surface area contributed by atoms with E-state index in [1.165, 1.54) is 23.5 Å². The van der Waals surface area contributed by atoms with Crippen molar-refractivity contribution in [3.63, 3.8) is 0 Å². The van der Waals surface area contributed by atoms with Crippen molar-refractivity contribution in [3.05, 3.63) is 102 Å². The van der Waals surface area contributed by atoms with E-state index in [1.54, 1.807) is 36.6 Å². The summed E-state index contributed by atoms with van der Waals surface area (Å²) in [5.41, 5.74) is 3.21. The second-order valence-corrected chi connectivity index (χ2v) is 8.27. The van der Waals surface area contributed by atoms with Gasteiger partial charge in [-0.05, 0) is 50.1 Å². The number of rotatable bonds is 4. The summed E-state index contributed by atoms with van der Waals surface area (Å²) in [5.74, 6) is -0.824. The lowest BCUT2D eigenvalue weighted by Gasteiger charge is -2.24. The van der Waals surface area contributed by atoms with E-state index in [2.05, 4.69) is 4.99 Å². The van der Waals surface area contributed by atoms with Crippen LogP contribution in [0.4, 0.5) is 4.39 Å². The summed E-state index contributed by atoms with van der Waals surface area (Å²) in [6, 6.07) is 13.0. The second kappa shape index (κ2) is 8.43. The maximum atomic E-state index is 13.4. The predicted octanol–water partition coefficient (Wildman–Crippen LogP) is 3.25. The number of aromatic nitrogens is 1. The molecular formula is C24H21FN2O3S. The normalized spacial score (nSPS) is 16.1. The molecule has 0 radical (unpaired) electrons. The monoisotopic (exact) mass is 436 g/mol. The Kier molecular flexibility index (Phi) is 5.69. The Morgan fingerprint density at radius 3 is 2.48 bits per heavy atom. The number of esters is 1. The molecule has 3 aromatic rings. The summed E-state index contributed by atoms with van der Waals surface area (Å²) in [7, 11) is 0. The first-order chi connectivity index (χ1) is 14.9. The van der Waals surface area contributed by atoms with Gasteiger partial charge in [-0.3, -0.25) is 9.36 Å². The molecule has 0 saturated carbocycles. The third-order valence-electron chi connectivity index (χ3n) is 5.08. The maximum absolute atomic E-state index is 13.4. The van der Waals surface area contributed by atoms with Crippen molar-refractivity contribution < 1.29 is 13.9 Å². The molecule has 0 N–H and O–H groups in total. The van der Waals surface area contributed by atoms with Crippen molar-refractivity contribution in [2.45, 2.75) is 26.8 Å². The molecule has 1 atom stereocenters. The number of fused-ring (bicyclic) bond motifs is 1. The van der Waals surface area contributed by atoms with Crippen LogP contribution >= 0.6 is 11.3 Å². The fraction of sp³-hybridized carbons (Fsp3) is 0.208. The number of aryl methyl sites for hydroxylation is 1. The zero-order chi connectivity index (χ0) is 22.1. The number of hydrogen-bond acceptors (Lipinski definition) is 5. The van der Waals surface area contributed by atoms with Crippen LogP contribution in [0.5, 0.6) is 0 Å². The summed E-state index contributed by atoms with van der Waals surface area (Å²) < 4.78 is 20.5. The summed E-state index contributed by atoms with van der Waals surface area (Å²) in [5, 5.41) is 0. The highest BCUT2D eigenvalue weighted by atomic mass is 32.1. The van der Waals surface area contributed by atoms with Crippen molar-refractivity contribution in [1.29, 1.82) is 0 Å². The fourth-order valence-corrected chi connectivity index (χ4v) is 4.61. The van der Waals surface area contributed by atoms with E-state index in [0.29, 0.717) is 26.2 Å². The summed E-state index contributed by atoms with van der Waals surface area (Å²) in [6.07, 6.45) is 1.71. The largest absolute Gasteiger partial charge is 0.463 e. The lowest BCUT2D eigenvalue weighted by atomic mass is 9.95. The number of hydrogen-bond donors (Lipinski definition) is 0. The average Bonchev–Trinajstić information content (AvgIpc) is 3.04. The predicted molar refractivity (Wildman–Crippen MR) is 118 cm³/mol. The minimum Gasteiger partial charge on any atom is -0.463 e. The minimum atomic E-state index is -0.633. The molecule has 7 heteroatoms. The van der Waals surface area contributed by atoms with Gasteiger partial charge < -0.3 is 4.74 Å². The Morgan fingerprint density at radius 2 is 1.84 bits per heavy atom. The van der Waals surface area contributed by atoms with Crippen LogP contribution in [0.3, 0.4) is 0 Å². The summed E-state index contributed by atoms with van der Waals surface area (Å²) >= 11 is 1.24. The van der Waals surface area contributed by atoms with Crippen LogP contribution in [0.1, 0.15) is 36.6 Å². The number of thiazole rings is 1. The maximum Gasteiger partial charge on any atom is 0.338 e. The molecule has 4 rings (SSSR count). The van der Waals surface area contributed by atoms with Gasteiger partial charge in [-0.2, -0.15) is 0 Å². The fourth-order valence-electron chi connectivity index (χ4n) is 3.57. The molecule has 1 aromatic heterocycles. The Morgan fingerprint density at radius 1 is 1.16 bits per heavy atom.